The first-order valence-corrected chi connectivity index (χ1v) is 11.3. The number of ether oxygens (including phenoxy) is 2. The Morgan fingerprint density at radius 3 is 2.67 bits per heavy atom. The highest BCUT2D eigenvalue weighted by Crippen LogP contribution is 2.38. The minimum Gasteiger partial charge on any atom is -0.486 e. The van der Waals surface area contributed by atoms with Crippen molar-refractivity contribution < 1.29 is 19.2 Å². The number of benzene rings is 2. The summed E-state index contributed by atoms with van der Waals surface area (Å²) in [7, 11) is 3.97. The Morgan fingerprint density at radius 2 is 1.94 bits per heavy atom. The number of rotatable bonds is 8. The molecule has 2 aromatic carbocycles. The molecule has 0 bridgehead atoms. The van der Waals surface area contributed by atoms with Crippen LogP contribution < -0.4 is 14.4 Å². The Labute approximate surface area is 195 Å². The van der Waals surface area contributed by atoms with E-state index in [9.17, 15) is 14.9 Å². The Hall–Kier alpha value is -3.50. The zero-order chi connectivity index (χ0) is 23.4. The van der Waals surface area contributed by atoms with Crippen LogP contribution in [-0.2, 0) is 4.79 Å². The maximum atomic E-state index is 13.2. The fourth-order valence-corrected chi connectivity index (χ4v) is 4.42. The molecule has 0 saturated heterocycles. The van der Waals surface area contributed by atoms with Gasteiger partial charge in [0, 0.05) is 36.9 Å². The van der Waals surface area contributed by atoms with Gasteiger partial charge in [-0.2, -0.15) is 0 Å². The second-order valence-corrected chi connectivity index (χ2v) is 8.80. The number of aromatic nitrogens is 1. The second kappa shape index (κ2) is 9.97. The van der Waals surface area contributed by atoms with Crippen molar-refractivity contribution in [3.05, 3.63) is 58.2 Å². The number of non-ortho nitro benzene ring substituents is 1. The molecule has 2 heterocycles. The van der Waals surface area contributed by atoms with E-state index in [1.807, 2.05) is 26.2 Å². The van der Waals surface area contributed by atoms with Gasteiger partial charge in [-0.05, 0) is 38.7 Å². The molecule has 0 N–H and O–H groups in total. The first kappa shape index (κ1) is 22.7. The van der Waals surface area contributed by atoms with Crippen molar-refractivity contribution in [2.24, 2.45) is 0 Å². The van der Waals surface area contributed by atoms with E-state index in [0.717, 1.165) is 23.2 Å². The largest absolute Gasteiger partial charge is 0.486 e. The normalized spacial score (nSPS) is 13.1. The first-order valence-electron chi connectivity index (χ1n) is 10.5. The average Bonchev–Trinajstić information content (AvgIpc) is 3.21. The van der Waals surface area contributed by atoms with Crippen LogP contribution in [0.15, 0.2) is 42.5 Å². The average molecular weight is 469 g/mol. The minimum absolute atomic E-state index is 0.0213. The van der Waals surface area contributed by atoms with Crippen molar-refractivity contribution >= 4 is 44.4 Å². The Balaban J connectivity index is 1.61. The van der Waals surface area contributed by atoms with Crippen LogP contribution in [0.25, 0.3) is 16.3 Å². The molecule has 0 fully saturated rings. The molecule has 10 heteroatoms. The molecule has 9 nitrogen and oxygen atoms in total. The molecule has 172 valence electrons. The van der Waals surface area contributed by atoms with Crippen LogP contribution in [0.1, 0.15) is 12.0 Å². The number of nitro groups is 1. The molecule has 1 aliphatic rings. The molecule has 0 saturated carbocycles. The van der Waals surface area contributed by atoms with Gasteiger partial charge in [-0.1, -0.05) is 23.5 Å². The SMILES string of the molecule is CN(C)CCCN(C(=O)/C=C/c1cccc([N+](=O)[O-])c1)c1nc2cc3c(cc2s1)OCCO3. The molecule has 3 aromatic rings. The smallest absolute Gasteiger partial charge is 0.270 e. The van der Waals surface area contributed by atoms with Crippen molar-refractivity contribution in [3.8, 4) is 11.5 Å². The van der Waals surface area contributed by atoms with Gasteiger partial charge in [-0.15, -0.1) is 0 Å². The maximum Gasteiger partial charge on any atom is 0.270 e. The van der Waals surface area contributed by atoms with Crippen LogP contribution in [-0.4, -0.2) is 61.1 Å². The third kappa shape index (κ3) is 5.47. The molecule has 0 aliphatic carbocycles. The summed E-state index contributed by atoms with van der Waals surface area (Å²) < 4.78 is 12.2. The summed E-state index contributed by atoms with van der Waals surface area (Å²) in [5.74, 6) is 1.10. The van der Waals surface area contributed by atoms with E-state index in [0.29, 0.717) is 42.0 Å². The highest BCUT2D eigenvalue weighted by Gasteiger charge is 2.20. The highest BCUT2D eigenvalue weighted by atomic mass is 32.1. The van der Waals surface area contributed by atoms with Gasteiger partial charge >= 0.3 is 0 Å². The molecule has 1 amide bonds. The zero-order valence-electron chi connectivity index (χ0n) is 18.4. The summed E-state index contributed by atoms with van der Waals surface area (Å²) in [6.45, 7) is 2.30. The number of anilines is 1. The van der Waals surface area contributed by atoms with Crippen molar-refractivity contribution in [1.82, 2.24) is 9.88 Å². The summed E-state index contributed by atoms with van der Waals surface area (Å²) >= 11 is 1.42. The third-order valence-corrected chi connectivity index (χ3v) is 6.07. The van der Waals surface area contributed by atoms with Gasteiger partial charge in [0.15, 0.2) is 16.6 Å². The second-order valence-electron chi connectivity index (χ2n) is 7.79. The molecular weight excluding hydrogens is 444 g/mol. The van der Waals surface area contributed by atoms with Crippen LogP contribution in [0.2, 0.25) is 0 Å². The molecule has 0 radical (unpaired) electrons. The topological polar surface area (TPSA) is 98.0 Å². The summed E-state index contributed by atoms with van der Waals surface area (Å²) in [5, 5.41) is 11.6. The molecule has 0 atom stereocenters. The molecule has 1 aliphatic heterocycles. The van der Waals surface area contributed by atoms with Crippen molar-refractivity contribution in [2.75, 3.05) is 45.3 Å². The molecule has 33 heavy (non-hydrogen) atoms. The highest BCUT2D eigenvalue weighted by molar-refractivity contribution is 7.22. The number of nitrogens with zero attached hydrogens (tertiary/aromatic N) is 4. The quantitative estimate of drug-likeness (QED) is 0.280. The van der Waals surface area contributed by atoms with E-state index in [4.69, 9.17) is 9.47 Å². The molecular formula is C23H24N4O5S. The van der Waals surface area contributed by atoms with Crippen LogP contribution in [0.5, 0.6) is 11.5 Å². The van der Waals surface area contributed by atoms with Gasteiger partial charge in [-0.3, -0.25) is 19.8 Å². The van der Waals surface area contributed by atoms with E-state index in [1.165, 1.54) is 29.5 Å². The van der Waals surface area contributed by atoms with Gasteiger partial charge in [0.05, 0.1) is 15.1 Å². The van der Waals surface area contributed by atoms with E-state index in [1.54, 1.807) is 23.1 Å². The number of fused-ring (bicyclic) bond motifs is 2. The van der Waals surface area contributed by atoms with Crippen molar-refractivity contribution in [1.29, 1.82) is 0 Å². The van der Waals surface area contributed by atoms with Crippen molar-refractivity contribution in [3.63, 3.8) is 0 Å². The molecule has 1 aromatic heterocycles. The Bertz CT molecular complexity index is 1160. The lowest BCUT2D eigenvalue weighted by Crippen LogP contribution is -2.32. The number of carbonyl (C=O) groups excluding carboxylic acids is 1. The van der Waals surface area contributed by atoms with Gasteiger partial charge in [0.2, 0.25) is 0 Å². The van der Waals surface area contributed by atoms with Gasteiger partial charge in [0.1, 0.15) is 13.2 Å². The van der Waals surface area contributed by atoms with E-state index < -0.39 is 4.92 Å². The van der Waals surface area contributed by atoms with Crippen LogP contribution in [0.4, 0.5) is 10.8 Å². The summed E-state index contributed by atoms with van der Waals surface area (Å²) in [5.41, 5.74) is 1.30. The molecule has 0 spiro atoms. The summed E-state index contributed by atoms with van der Waals surface area (Å²) in [4.78, 5) is 32.1. The van der Waals surface area contributed by atoms with Crippen LogP contribution in [0.3, 0.4) is 0 Å². The van der Waals surface area contributed by atoms with Crippen molar-refractivity contribution in [2.45, 2.75) is 6.42 Å². The number of nitro benzene ring substituents is 1. The van der Waals surface area contributed by atoms with E-state index >= 15 is 0 Å². The fraction of sp³-hybridized carbons (Fsp3) is 0.304. The molecule has 4 rings (SSSR count). The standard InChI is InChI=1S/C23H24N4O5S/c1-25(2)9-4-10-26(22(28)8-7-16-5-3-6-17(13-16)27(29)30)23-24-18-14-19-20(15-21(18)33-23)32-12-11-31-19/h3,5-8,13-15H,4,9-12H2,1-2H3/b8-7+. The van der Waals surface area contributed by atoms with Gasteiger partial charge in [-0.25, -0.2) is 4.98 Å². The lowest BCUT2D eigenvalue weighted by atomic mass is 10.2. The van der Waals surface area contributed by atoms with Gasteiger partial charge < -0.3 is 14.4 Å². The third-order valence-electron chi connectivity index (χ3n) is 5.02. The maximum absolute atomic E-state index is 13.2. The van der Waals surface area contributed by atoms with Crippen LogP contribution >= 0.6 is 11.3 Å². The monoisotopic (exact) mass is 468 g/mol. The fourth-order valence-electron chi connectivity index (χ4n) is 3.41. The lowest BCUT2D eigenvalue weighted by molar-refractivity contribution is -0.384. The number of hydrogen-bond donors (Lipinski definition) is 0. The first-order chi connectivity index (χ1) is 15.9. The Morgan fingerprint density at radius 1 is 1.18 bits per heavy atom. The van der Waals surface area contributed by atoms with E-state index in [-0.39, 0.29) is 11.6 Å². The number of hydrogen-bond acceptors (Lipinski definition) is 8. The van der Waals surface area contributed by atoms with E-state index in [2.05, 4.69) is 9.88 Å². The number of thiazole rings is 1. The molecule has 0 unspecified atom stereocenters. The van der Waals surface area contributed by atoms with Crippen LogP contribution in [0, 0.1) is 10.1 Å². The predicted molar refractivity (Wildman–Crippen MR) is 128 cm³/mol. The minimum atomic E-state index is -0.457. The lowest BCUT2D eigenvalue weighted by Gasteiger charge is -2.19. The summed E-state index contributed by atoms with van der Waals surface area (Å²) in [6, 6.07) is 9.90. The Kier molecular flexibility index (Phi) is 6.85. The number of amides is 1. The van der Waals surface area contributed by atoms with Gasteiger partial charge in [0.25, 0.3) is 11.6 Å². The summed E-state index contributed by atoms with van der Waals surface area (Å²) in [6.07, 6.45) is 3.78. The number of carbonyl (C=O) groups is 1. The zero-order valence-corrected chi connectivity index (χ0v) is 19.2. The predicted octanol–water partition coefficient (Wildman–Crippen LogP) is 3.97.